The van der Waals surface area contributed by atoms with Gasteiger partial charge in [-0.15, -0.1) is 0 Å². The minimum Gasteiger partial charge on any atom is -0.444 e. The number of carbonyl (C=O) groups is 1. The Kier molecular flexibility index (Phi) is 8.43. The van der Waals surface area contributed by atoms with E-state index in [0.29, 0.717) is 70.0 Å². The van der Waals surface area contributed by atoms with Crippen molar-refractivity contribution in [2.45, 2.75) is 58.2 Å². The van der Waals surface area contributed by atoms with Crippen molar-refractivity contribution in [2.24, 2.45) is 0 Å². The third kappa shape index (κ3) is 6.15. The van der Waals surface area contributed by atoms with Crippen molar-refractivity contribution in [2.75, 3.05) is 23.3 Å². The Bertz CT molecular complexity index is 2020. The number of fused-ring (bicyclic) bond motifs is 2. The van der Waals surface area contributed by atoms with E-state index in [4.69, 9.17) is 16.3 Å². The van der Waals surface area contributed by atoms with Gasteiger partial charge in [-0.3, -0.25) is 14.2 Å². The topological polar surface area (TPSA) is 134 Å². The number of benzene rings is 2. The van der Waals surface area contributed by atoms with Gasteiger partial charge in [-0.1, -0.05) is 41.9 Å². The molecule has 11 nitrogen and oxygen atoms in total. The molecule has 238 valence electrons. The van der Waals surface area contributed by atoms with Crippen LogP contribution in [0.15, 0.2) is 76.7 Å². The van der Waals surface area contributed by atoms with Crippen molar-refractivity contribution in [3.63, 3.8) is 0 Å². The van der Waals surface area contributed by atoms with Gasteiger partial charge >= 0.3 is 6.09 Å². The lowest BCUT2D eigenvalue weighted by atomic mass is 10.0. The zero-order valence-electron chi connectivity index (χ0n) is 26.1. The molecule has 3 N–H and O–H groups in total. The number of H-pyrrole nitrogens is 1. The summed E-state index contributed by atoms with van der Waals surface area (Å²) < 4.78 is 7.07. The number of carbonyl (C=O) groups excluding carboxylic acids is 1. The van der Waals surface area contributed by atoms with E-state index in [2.05, 4.69) is 30.5 Å². The normalized spacial score (nSPS) is 14.8. The van der Waals surface area contributed by atoms with Gasteiger partial charge in [0.05, 0.1) is 27.8 Å². The number of para-hydroxylation sites is 1. The molecule has 0 radical (unpaired) electrons. The molecule has 5 aromatic rings. The van der Waals surface area contributed by atoms with Crippen LogP contribution in [0.5, 0.6) is 0 Å². The van der Waals surface area contributed by atoms with Crippen molar-refractivity contribution in [3.8, 4) is 5.69 Å². The highest BCUT2D eigenvalue weighted by molar-refractivity contribution is 6.36. The predicted molar refractivity (Wildman–Crippen MR) is 181 cm³/mol. The molecule has 0 saturated carbocycles. The zero-order chi connectivity index (χ0) is 32.6. The van der Waals surface area contributed by atoms with Crippen LogP contribution >= 0.6 is 11.6 Å². The van der Waals surface area contributed by atoms with Gasteiger partial charge in [-0.25, -0.2) is 14.8 Å². The Hall–Kier alpha value is -4.90. The number of amides is 1. The van der Waals surface area contributed by atoms with Gasteiger partial charge in [0.2, 0.25) is 0 Å². The lowest BCUT2D eigenvalue weighted by molar-refractivity contribution is 0.0497. The minimum absolute atomic E-state index is 0.0331. The van der Waals surface area contributed by atoms with Gasteiger partial charge in [0.15, 0.2) is 5.43 Å². The van der Waals surface area contributed by atoms with Crippen LogP contribution < -0.4 is 26.5 Å². The first-order valence-electron chi connectivity index (χ1n) is 15.3. The van der Waals surface area contributed by atoms with Crippen molar-refractivity contribution in [1.82, 2.24) is 24.8 Å². The molecule has 0 aliphatic carbocycles. The van der Waals surface area contributed by atoms with Crippen molar-refractivity contribution < 1.29 is 9.53 Å². The van der Waals surface area contributed by atoms with Crippen LogP contribution in [0, 0.1) is 0 Å². The molecule has 0 unspecified atom stereocenters. The predicted octanol–water partition coefficient (Wildman–Crippen LogP) is 5.94. The first-order chi connectivity index (χ1) is 22.0. The molecular formula is C34H36ClN7O4. The molecule has 4 heterocycles. The summed E-state index contributed by atoms with van der Waals surface area (Å²) in [4.78, 5) is 53.4. The summed E-state index contributed by atoms with van der Waals surface area (Å²) in [6.07, 6.45) is 3.87. The van der Waals surface area contributed by atoms with E-state index >= 15 is 0 Å². The summed E-state index contributed by atoms with van der Waals surface area (Å²) >= 11 is 7.24. The molecule has 12 heteroatoms. The van der Waals surface area contributed by atoms with Crippen LogP contribution in [0.3, 0.4) is 0 Å². The molecule has 1 fully saturated rings. The van der Waals surface area contributed by atoms with Crippen LogP contribution in [0.1, 0.15) is 52.3 Å². The largest absolute Gasteiger partial charge is 0.444 e. The zero-order valence-corrected chi connectivity index (χ0v) is 26.9. The summed E-state index contributed by atoms with van der Waals surface area (Å²) in [5.41, 5.74) is 1.34. The second-order valence-corrected chi connectivity index (χ2v) is 12.8. The Balaban J connectivity index is 1.40. The fraction of sp³-hybridized carbons (Fsp3) is 0.324. The van der Waals surface area contributed by atoms with Gasteiger partial charge in [-0.2, -0.15) is 0 Å². The Morgan fingerprint density at radius 2 is 1.76 bits per heavy atom. The molecule has 1 amide bonds. The van der Waals surface area contributed by atoms with E-state index in [1.165, 1.54) is 18.6 Å². The third-order valence-electron chi connectivity index (χ3n) is 8.04. The van der Waals surface area contributed by atoms with E-state index in [-0.39, 0.29) is 17.0 Å². The van der Waals surface area contributed by atoms with Gasteiger partial charge in [0, 0.05) is 42.5 Å². The second-order valence-electron chi connectivity index (χ2n) is 12.4. The van der Waals surface area contributed by atoms with Crippen LogP contribution in [-0.4, -0.2) is 50.3 Å². The molecular weight excluding hydrogens is 606 g/mol. The Morgan fingerprint density at radius 3 is 2.48 bits per heavy atom. The van der Waals surface area contributed by atoms with Gasteiger partial charge in [0.25, 0.3) is 5.56 Å². The highest BCUT2D eigenvalue weighted by atomic mass is 35.5. The highest BCUT2D eigenvalue weighted by Crippen LogP contribution is 2.37. The monoisotopic (exact) mass is 641 g/mol. The number of nitrogens with zero attached hydrogens (tertiary/aromatic N) is 4. The van der Waals surface area contributed by atoms with Gasteiger partial charge < -0.3 is 25.3 Å². The minimum atomic E-state index is -0.572. The van der Waals surface area contributed by atoms with Crippen LogP contribution in [-0.2, 0) is 4.74 Å². The highest BCUT2D eigenvalue weighted by Gasteiger charge is 2.28. The molecule has 0 spiro atoms. The molecule has 6 rings (SSSR count). The summed E-state index contributed by atoms with van der Waals surface area (Å²) in [5, 5.41) is 8.16. The molecule has 3 aromatic heterocycles. The lowest BCUT2D eigenvalue weighted by Crippen LogP contribution is -2.46. The average Bonchev–Trinajstić information content (AvgIpc) is 3.02. The smallest absolute Gasteiger partial charge is 0.407 e. The lowest BCUT2D eigenvalue weighted by Gasteiger charge is -2.35. The number of piperidine rings is 1. The summed E-state index contributed by atoms with van der Waals surface area (Å²) in [6.45, 7) is 8.66. The number of hydrogen-bond donors (Lipinski definition) is 3. The Labute approximate surface area is 270 Å². The average molecular weight is 642 g/mol. The molecule has 1 saturated heterocycles. The number of ether oxygens (including phenoxy) is 1. The maximum Gasteiger partial charge on any atom is 0.407 e. The number of alkyl carbamates (subject to hydrolysis) is 1. The standard InChI is InChI=1S/C34H36ClN7O4/c1-20(39-31-27-25(43)13-16-36-30(27)37-19-38-31)29-28(35)23-11-8-12-24(26(23)32(44)42(29)22-9-6-5-7-10-22)41-17-14-21(15-18-41)40-33(45)46-34(2,3)4/h5-13,16,19-21H,14-15,17-18H2,1-4H3,(H,40,45)(H2,36,37,38,39,43)/t20-/m0/s1. The molecule has 1 aliphatic heterocycles. The van der Waals surface area contributed by atoms with Crippen molar-refractivity contribution in [3.05, 3.63) is 98.4 Å². The second kappa shape index (κ2) is 12.5. The van der Waals surface area contributed by atoms with Crippen molar-refractivity contribution >= 4 is 51.0 Å². The van der Waals surface area contributed by atoms with E-state index in [1.54, 1.807) is 4.57 Å². The van der Waals surface area contributed by atoms with Gasteiger partial charge in [-0.05, 0) is 58.7 Å². The number of nitrogens with one attached hydrogen (secondary N) is 3. The van der Waals surface area contributed by atoms with E-state index in [0.717, 1.165) is 5.69 Å². The fourth-order valence-electron chi connectivity index (χ4n) is 6.02. The first kappa shape index (κ1) is 31.1. The molecule has 46 heavy (non-hydrogen) atoms. The number of pyridine rings is 2. The number of aromatic amines is 1. The summed E-state index contributed by atoms with van der Waals surface area (Å²) in [7, 11) is 0. The van der Waals surface area contributed by atoms with E-state index in [9.17, 15) is 14.4 Å². The van der Waals surface area contributed by atoms with Crippen LogP contribution in [0.2, 0.25) is 5.02 Å². The summed E-state index contributed by atoms with van der Waals surface area (Å²) in [6, 6.07) is 15.9. The summed E-state index contributed by atoms with van der Waals surface area (Å²) in [5.74, 6) is 0.333. The van der Waals surface area contributed by atoms with Crippen LogP contribution in [0.25, 0.3) is 27.5 Å². The maximum absolute atomic E-state index is 14.6. The number of anilines is 2. The third-order valence-corrected chi connectivity index (χ3v) is 8.44. The fourth-order valence-corrected chi connectivity index (χ4v) is 6.42. The molecule has 0 bridgehead atoms. The molecule has 1 atom stereocenters. The van der Waals surface area contributed by atoms with Gasteiger partial charge in [0.1, 0.15) is 28.8 Å². The first-order valence-corrected chi connectivity index (χ1v) is 15.7. The number of rotatable bonds is 6. The SMILES string of the molecule is C[C@H](Nc1ncnc2[nH]ccc(=O)c12)c1c(Cl)c2cccc(N3CCC(NC(=O)OC(C)(C)C)CC3)c2c(=O)n1-c1ccccc1. The number of hydrogen-bond acceptors (Lipinski definition) is 8. The molecule has 2 aromatic carbocycles. The van der Waals surface area contributed by atoms with E-state index < -0.39 is 17.7 Å². The number of aromatic nitrogens is 4. The molecule has 1 aliphatic rings. The number of halogens is 1. The van der Waals surface area contributed by atoms with E-state index in [1.807, 2.05) is 76.2 Å². The maximum atomic E-state index is 14.6. The van der Waals surface area contributed by atoms with Crippen LogP contribution in [0.4, 0.5) is 16.3 Å². The Morgan fingerprint density at radius 1 is 1.02 bits per heavy atom. The van der Waals surface area contributed by atoms with Crippen molar-refractivity contribution in [1.29, 1.82) is 0 Å². The quantitative estimate of drug-likeness (QED) is 0.207.